The lowest BCUT2D eigenvalue weighted by Crippen LogP contribution is -2.25. The fraction of sp³-hybridized carbons (Fsp3) is 0.684. The maximum atomic E-state index is 5.69. The molecule has 1 aromatic carbocycles. The first kappa shape index (κ1) is 15.8. The second kappa shape index (κ2) is 7.45. The van der Waals surface area contributed by atoms with Crippen LogP contribution >= 0.6 is 22.6 Å². The van der Waals surface area contributed by atoms with Gasteiger partial charge in [0.2, 0.25) is 0 Å². The molecule has 2 aliphatic rings. The van der Waals surface area contributed by atoms with Gasteiger partial charge in [-0.15, -0.1) is 0 Å². The minimum absolute atomic E-state index is 0.659. The number of alkyl halides is 1. The molecular weight excluding hydrogens is 369 g/mol. The van der Waals surface area contributed by atoms with E-state index in [2.05, 4.69) is 46.9 Å². The van der Waals surface area contributed by atoms with Crippen LogP contribution in [-0.4, -0.2) is 3.92 Å². The average Bonchev–Trinajstić information content (AvgIpc) is 2.56. The molecule has 0 aliphatic heterocycles. The lowest BCUT2D eigenvalue weighted by atomic mass is 9.70. The van der Waals surface area contributed by atoms with Crippen molar-refractivity contribution in [1.29, 1.82) is 0 Å². The van der Waals surface area contributed by atoms with Gasteiger partial charge in [0.15, 0.2) is 0 Å². The summed E-state index contributed by atoms with van der Waals surface area (Å²) < 4.78 is 0.955. The number of benzene rings is 1. The Hall–Kier alpha value is -0.0900. The van der Waals surface area contributed by atoms with Gasteiger partial charge in [-0.1, -0.05) is 46.9 Å². The third-order valence-electron chi connectivity index (χ3n) is 5.83. The van der Waals surface area contributed by atoms with Crippen molar-refractivity contribution in [2.75, 3.05) is 0 Å². The number of rotatable bonds is 3. The van der Waals surface area contributed by atoms with Crippen molar-refractivity contribution in [3.05, 3.63) is 35.4 Å². The molecule has 2 fully saturated rings. The zero-order valence-corrected chi connectivity index (χ0v) is 15.1. The highest BCUT2D eigenvalue weighted by atomic mass is 127. The summed E-state index contributed by atoms with van der Waals surface area (Å²) in [7, 11) is 0. The topological polar surface area (TPSA) is 26.0 Å². The van der Waals surface area contributed by atoms with E-state index in [1.807, 2.05) is 0 Å². The SMILES string of the molecule is NCc1ccc(C2CCC(C3CCC(I)CC3)CC2)cc1. The van der Waals surface area contributed by atoms with E-state index in [-0.39, 0.29) is 0 Å². The summed E-state index contributed by atoms with van der Waals surface area (Å²) in [5, 5.41) is 0. The van der Waals surface area contributed by atoms with Crippen molar-refractivity contribution in [2.45, 2.75) is 67.8 Å². The second-order valence-corrected chi connectivity index (χ2v) is 8.83. The molecule has 0 atom stereocenters. The van der Waals surface area contributed by atoms with Crippen LogP contribution in [0.15, 0.2) is 24.3 Å². The van der Waals surface area contributed by atoms with Crippen LogP contribution in [0, 0.1) is 11.8 Å². The van der Waals surface area contributed by atoms with E-state index < -0.39 is 0 Å². The number of hydrogen-bond donors (Lipinski definition) is 1. The van der Waals surface area contributed by atoms with Gasteiger partial charge in [0, 0.05) is 10.5 Å². The van der Waals surface area contributed by atoms with E-state index in [1.54, 1.807) is 5.56 Å². The maximum absolute atomic E-state index is 5.69. The predicted molar refractivity (Wildman–Crippen MR) is 98.8 cm³/mol. The van der Waals surface area contributed by atoms with Gasteiger partial charge in [0.05, 0.1) is 0 Å². The summed E-state index contributed by atoms with van der Waals surface area (Å²) in [6, 6.07) is 9.05. The molecule has 116 valence electrons. The van der Waals surface area contributed by atoms with Gasteiger partial charge in [-0.05, 0) is 80.2 Å². The van der Waals surface area contributed by atoms with E-state index in [0.717, 1.165) is 21.7 Å². The zero-order chi connectivity index (χ0) is 14.7. The molecule has 0 bridgehead atoms. The van der Waals surface area contributed by atoms with Crippen LogP contribution < -0.4 is 5.73 Å². The molecule has 21 heavy (non-hydrogen) atoms. The molecule has 0 aromatic heterocycles. The highest BCUT2D eigenvalue weighted by Crippen LogP contribution is 2.43. The van der Waals surface area contributed by atoms with Crippen LogP contribution in [-0.2, 0) is 6.54 Å². The molecule has 2 aliphatic carbocycles. The first-order valence-electron chi connectivity index (χ1n) is 8.69. The molecule has 0 amide bonds. The molecule has 1 nitrogen and oxygen atoms in total. The monoisotopic (exact) mass is 397 g/mol. The molecule has 3 rings (SSSR count). The third-order valence-corrected chi connectivity index (χ3v) is 7.07. The molecule has 0 spiro atoms. The van der Waals surface area contributed by atoms with Gasteiger partial charge >= 0.3 is 0 Å². The van der Waals surface area contributed by atoms with Gasteiger partial charge in [-0.2, -0.15) is 0 Å². The van der Waals surface area contributed by atoms with Gasteiger partial charge in [-0.3, -0.25) is 0 Å². The van der Waals surface area contributed by atoms with Gasteiger partial charge in [0.25, 0.3) is 0 Å². The standard InChI is InChI=1S/C19H28IN/c20-19-11-9-18(10-12-19)17-7-5-16(6-8-17)15-3-1-14(13-21)2-4-15/h1-4,16-19H,5-13,21H2. The Morgan fingerprint density at radius 1 is 0.810 bits per heavy atom. The number of halogens is 1. The molecule has 0 radical (unpaired) electrons. The van der Waals surface area contributed by atoms with E-state index in [9.17, 15) is 0 Å². The lowest BCUT2D eigenvalue weighted by molar-refractivity contribution is 0.190. The molecule has 2 heteroatoms. The van der Waals surface area contributed by atoms with Crippen LogP contribution in [0.3, 0.4) is 0 Å². The van der Waals surface area contributed by atoms with Crippen molar-refractivity contribution >= 4 is 22.6 Å². The minimum atomic E-state index is 0.659. The van der Waals surface area contributed by atoms with Crippen molar-refractivity contribution in [3.8, 4) is 0 Å². The normalized spacial score (nSPS) is 33.8. The lowest BCUT2D eigenvalue weighted by Gasteiger charge is -2.37. The molecule has 0 saturated heterocycles. The van der Waals surface area contributed by atoms with Crippen molar-refractivity contribution in [3.63, 3.8) is 0 Å². The van der Waals surface area contributed by atoms with Crippen molar-refractivity contribution in [1.82, 2.24) is 0 Å². The molecular formula is C19H28IN. The van der Waals surface area contributed by atoms with Crippen molar-refractivity contribution in [2.24, 2.45) is 17.6 Å². The molecule has 0 unspecified atom stereocenters. The second-order valence-electron chi connectivity index (χ2n) is 7.07. The van der Waals surface area contributed by atoms with Crippen LogP contribution in [0.5, 0.6) is 0 Å². The van der Waals surface area contributed by atoms with Gasteiger partial charge < -0.3 is 5.73 Å². The summed E-state index contributed by atoms with van der Waals surface area (Å²) >= 11 is 2.65. The Balaban J connectivity index is 1.52. The van der Waals surface area contributed by atoms with Crippen LogP contribution in [0.25, 0.3) is 0 Å². The average molecular weight is 397 g/mol. The van der Waals surface area contributed by atoms with E-state index >= 15 is 0 Å². The highest BCUT2D eigenvalue weighted by molar-refractivity contribution is 14.1. The first-order chi connectivity index (χ1) is 10.3. The first-order valence-corrected chi connectivity index (χ1v) is 9.94. The molecule has 1 aromatic rings. The highest BCUT2D eigenvalue weighted by Gasteiger charge is 2.30. The number of hydrogen-bond acceptors (Lipinski definition) is 1. The van der Waals surface area contributed by atoms with E-state index in [0.29, 0.717) is 6.54 Å². The minimum Gasteiger partial charge on any atom is -0.326 e. The van der Waals surface area contributed by atoms with Gasteiger partial charge in [-0.25, -0.2) is 0 Å². The Kier molecular flexibility index (Phi) is 5.60. The van der Waals surface area contributed by atoms with Crippen LogP contribution in [0.2, 0.25) is 0 Å². The fourth-order valence-electron chi connectivity index (χ4n) is 4.40. The summed E-state index contributed by atoms with van der Waals surface area (Å²) in [5.74, 6) is 2.86. The Bertz CT molecular complexity index is 425. The summed E-state index contributed by atoms with van der Waals surface area (Å²) in [6.07, 6.45) is 11.6. The zero-order valence-electron chi connectivity index (χ0n) is 12.9. The number of nitrogens with two attached hydrogens (primary N) is 1. The smallest absolute Gasteiger partial charge is 0.0178 e. The van der Waals surface area contributed by atoms with Crippen LogP contribution in [0.4, 0.5) is 0 Å². The molecule has 2 saturated carbocycles. The predicted octanol–water partition coefficient (Wildman–Crippen LogP) is 5.41. The molecule has 2 N–H and O–H groups in total. The summed E-state index contributed by atoms with van der Waals surface area (Å²) in [6.45, 7) is 0.659. The van der Waals surface area contributed by atoms with Crippen molar-refractivity contribution < 1.29 is 0 Å². The van der Waals surface area contributed by atoms with Crippen LogP contribution in [0.1, 0.15) is 68.4 Å². The fourth-order valence-corrected chi connectivity index (χ4v) is 5.12. The Morgan fingerprint density at radius 3 is 1.86 bits per heavy atom. The Labute approximate surface area is 143 Å². The summed E-state index contributed by atoms with van der Waals surface area (Å²) in [4.78, 5) is 0. The third kappa shape index (κ3) is 4.01. The Morgan fingerprint density at radius 2 is 1.33 bits per heavy atom. The molecule has 0 heterocycles. The van der Waals surface area contributed by atoms with Gasteiger partial charge in [0.1, 0.15) is 0 Å². The maximum Gasteiger partial charge on any atom is 0.0178 e. The van der Waals surface area contributed by atoms with E-state index in [1.165, 1.54) is 56.9 Å². The van der Waals surface area contributed by atoms with E-state index in [4.69, 9.17) is 5.73 Å². The summed E-state index contributed by atoms with van der Waals surface area (Å²) in [5.41, 5.74) is 8.48. The largest absolute Gasteiger partial charge is 0.326 e. The quantitative estimate of drug-likeness (QED) is 0.536.